The molecule has 0 saturated carbocycles. The number of nitrogens with two attached hydrogens (primary N) is 1. The van der Waals surface area contributed by atoms with Gasteiger partial charge in [0.15, 0.2) is 0 Å². The number of halogens is 2. The fourth-order valence-corrected chi connectivity index (χ4v) is 3.42. The number of nitrogens with zero attached hydrogens (tertiary/aromatic N) is 2. The summed E-state index contributed by atoms with van der Waals surface area (Å²) in [6.07, 6.45) is 0.840. The Hall–Kier alpha value is -3.96. The van der Waals surface area contributed by atoms with Gasteiger partial charge in [-0.25, -0.2) is 19.0 Å². The molecule has 0 fully saturated rings. The molecular weight excluding hydrogens is 491 g/mol. The van der Waals surface area contributed by atoms with Crippen LogP contribution in [-0.2, 0) is 16.1 Å². The molecule has 36 heavy (non-hydrogen) atoms. The van der Waals surface area contributed by atoms with E-state index in [4.69, 9.17) is 22.1 Å². The largest absolute Gasteiger partial charge is 0.447 e. The van der Waals surface area contributed by atoms with Crippen LogP contribution >= 0.6 is 11.6 Å². The van der Waals surface area contributed by atoms with Crippen LogP contribution in [0.15, 0.2) is 54.7 Å². The molecule has 0 saturated heterocycles. The lowest BCUT2D eigenvalue weighted by Crippen LogP contribution is -2.51. The number of pyridine rings is 1. The van der Waals surface area contributed by atoms with Gasteiger partial charge in [-0.05, 0) is 23.1 Å². The van der Waals surface area contributed by atoms with Crippen LogP contribution in [0.1, 0.15) is 5.56 Å². The van der Waals surface area contributed by atoms with Gasteiger partial charge in [0, 0.05) is 31.7 Å². The van der Waals surface area contributed by atoms with Gasteiger partial charge >= 0.3 is 12.1 Å². The van der Waals surface area contributed by atoms with Crippen molar-refractivity contribution in [2.75, 3.05) is 32.1 Å². The van der Waals surface area contributed by atoms with Gasteiger partial charge in [0.1, 0.15) is 18.2 Å². The second kappa shape index (κ2) is 12.7. The number of amides is 4. The molecule has 0 radical (unpaired) electrons. The monoisotopic (exact) mass is 516 g/mol. The summed E-state index contributed by atoms with van der Waals surface area (Å²) in [7, 11) is 1.47. The van der Waals surface area contributed by atoms with E-state index >= 15 is 0 Å². The van der Waals surface area contributed by atoms with Crippen LogP contribution < -0.4 is 21.7 Å². The summed E-state index contributed by atoms with van der Waals surface area (Å²) in [5.41, 5.74) is 5.72. The van der Waals surface area contributed by atoms with Crippen molar-refractivity contribution in [3.8, 4) is 0 Å². The number of aromatic nitrogens is 1. The third kappa shape index (κ3) is 7.27. The lowest BCUT2D eigenvalue weighted by molar-refractivity contribution is -0.119. The number of likely N-dealkylation sites (N-methyl/N-ethyl adjacent to an activating group) is 1. The Morgan fingerprint density at radius 1 is 1.14 bits per heavy atom. The zero-order chi connectivity index (χ0) is 26.1. The van der Waals surface area contributed by atoms with E-state index in [-0.39, 0.29) is 31.3 Å². The lowest BCUT2D eigenvalue weighted by Gasteiger charge is -2.28. The number of carbonyl (C=O) groups excluding carboxylic acids is 3. The van der Waals surface area contributed by atoms with Crippen molar-refractivity contribution >= 4 is 46.2 Å². The fourth-order valence-electron chi connectivity index (χ4n) is 3.22. The summed E-state index contributed by atoms with van der Waals surface area (Å²) in [6, 6.07) is 12.2. The van der Waals surface area contributed by atoms with Gasteiger partial charge in [-0.3, -0.25) is 10.1 Å². The quantitative estimate of drug-likeness (QED) is 0.345. The number of hydrogen-bond acceptors (Lipinski definition) is 6. The van der Waals surface area contributed by atoms with Crippen molar-refractivity contribution in [1.82, 2.24) is 20.5 Å². The SMILES string of the molecule is CN(C(=O)NCc1cccc(F)c1Cl)[C@@H](CNC(=O)CN)COC(=O)Nc1cc2ccccc2cn1. The zero-order valence-electron chi connectivity index (χ0n) is 19.5. The number of rotatable bonds is 9. The number of fused-ring (bicyclic) bond motifs is 1. The molecule has 4 amide bonds. The van der Waals surface area contributed by atoms with E-state index in [1.165, 1.54) is 24.1 Å². The Balaban J connectivity index is 1.60. The smallest absolute Gasteiger partial charge is 0.412 e. The zero-order valence-corrected chi connectivity index (χ0v) is 20.2. The first kappa shape index (κ1) is 26.6. The Bertz CT molecular complexity index is 1240. The standard InChI is InChI=1S/C24H26ClFN6O4/c1-32(23(34)30-12-17-7-4-8-19(26)22(17)25)18(13-29-21(33)10-27)14-36-24(35)31-20-9-15-5-2-3-6-16(15)11-28-20/h2-9,11,18H,10,12-14,27H2,1H3,(H,29,33)(H,30,34)(H,28,31,35)/t18-/m0/s1. The predicted octanol–water partition coefficient (Wildman–Crippen LogP) is 2.86. The molecule has 0 unspecified atom stereocenters. The average molecular weight is 517 g/mol. The Morgan fingerprint density at radius 3 is 2.64 bits per heavy atom. The molecule has 3 rings (SSSR count). The Labute approximate surface area is 211 Å². The summed E-state index contributed by atoms with van der Waals surface area (Å²) in [5.74, 6) is -0.741. The molecule has 3 aromatic rings. The van der Waals surface area contributed by atoms with E-state index < -0.39 is 29.9 Å². The summed E-state index contributed by atoms with van der Waals surface area (Å²) in [4.78, 5) is 42.1. The molecule has 1 atom stereocenters. The normalized spacial score (nSPS) is 11.4. The van der Waals surface area contributed by atoms with Gasteiger partial charge in [-0.2, -0.15) is 0 Å². The van der Waals surface area contributed by atoms with E-state index in [0.717, 1.165) is 10.8 Å². The van der Waals surface area contributed by atoms with Gasteiger partial charge < -0.3 is 26.0 Å². The topological polar surface area (TPSA) is 139 Å². The minimum Gasteiger partial charge on any atom is -0.447 e. The third-order valence-corrected chi connectivity index (χ3v) is 5.74. The number of benzene rings is 2. The first-order valence-electron chi connectivity index (χ1n) is 11.0. The van der Waals surface area contributed by atoms with Gasteiger partial charge in [0.25, 0.3) is 0 Å². The van der Waals surface area contributed by atoms with E-state index in [1.54, 1.807) is 18.3 Å². The van der Waals surface area contributed by atoms with Crippen LogP contribution in [0.2, 0.25) is 5.02 Å². The summed E-state index contributed by atoms with van der Waals surface area (Å²) >= 11 is 5.93. The highest BCUT2D eigenvalue weighted by Gasteiger charge is 2.23. The molecule has 0 aliphatic carbocycles. The molecule has 1 aromatic heterocycles. The first-order valence-corrected chi connectivity index (χ1v) is 11.3. The maximum Gasteiger partial charge on any atom is 0.412 e. The summed E-state index contributed by atoms with van der Waals surface area (Å²) < 4.78 is 18.9. The minimum atomic E-state index is -0.784. The molecule has 2 aromatic carbocycles. The molecular formula is C24H26ClFN6O4. The number of ether oxygens (including phenoxy) is 1. The molecule has 0 aliphatic heterocycles. The van der Waals surface area contributed by atoms with Gasteiger partial charge in [-0.1, -0.05) is 48.0 Å². The van der Waals surface area contributed by atoms with Crippen LogP contribution in [-0.4, -0.2) is 60.7 Å². The van der Waals surface area contributed by atoms with Crippen molar-refractivity contribution in [3.63, 3.8) is 0 Å². The Kier molecular flexibility index (Phi) is 9.37. The second-order valence-corrected chi connectivity index (χ2v) is 8.16. The minimum absolute atomic E-state index is 0.0256. The third-order valence-electron chi connectivity index (χ3n) is 5.32. The summed E-state index contributed by atoms with van der Waals surface area (Å²) in [5, 5.41) is 9.46. The number of carbonyl (C=O) groups is 3. The van der Waals surface area contributed by atoms with E-state index in [1.807, 2.05) is 24.3 Å². The molecule has 0 aliphatic rings. The summed E-state index contributed by atoms with van der Waals surface area (Å²) in [6.45, 7) is -0.538. The maximum atomic E-state index is 13.6. The molecule has 12 heteroatoms. The van der Waals surface area contributed by atoms with Crippen molar-refractivity contribution in [3.05, 3.63) is 71.1 Å². The van der Waals surface area contributed by atoms with Gasteiger partial charge in [0.2, 0.25) is 5.91 Å². The van der Waals surface area contributed by atoms with Crippen LogP contribution in [0, 0.1) is 5.82 Å². The van der Waals surface area contributed by atoms with Crippen molar-refractivity contribution in [2.24, 2.45) is 5.73 Å². The number of anilines is 1. The maximum absolute atomic E-state index is 13.6. The van der Waals surface area contributed by atoms with Gasteiger partial charge in [-0.15, -0.1) is 0 Å². The molecule has 190 valence electrons. The lowest BCUT2D eigenvalue weighted by atomic mass is 10.2. The highest BCUT2D eigenvalue weighted by atomic mass is 35.5. The van der Waals surface area contributed by atoms with Crippen LogP contribution in [0.25, 0.3) is 10.8 Å². The van der Waals surface area contributed by atoms with E-state index in [2.05, 4.69) is 20.9 Å². The molecule has 0 spiro atoms. The Morgan fingerprint density at radius 2 is 1.89 bits per heavy atom. The molecule has 5 N–H and O–H groups in total. The van der Waals surface area contributed by atoms with Crippen molar-refractivity contribution in [2.45, 2.75) is 12.6 Å². The highest BCUT2D eigenvalue weighted by Crippen LogP contribution is 2.19. The first-order chi connectivity index (χ1) is 17.3. The van der Waals surface area contributed by atoms with E-state index in [9.17, 15) is 18.8 Å². The van der Waals surface area contributed by atoms with Crippen molar-refractivity contribution < 1.29 is 23.5 Å². The van der Waals surface area contributed by atoms with Crippen molar-refractivity contribution in [1.29, 1.82) is 0 Å². The molecule has 10 nitrogen and oxygen atoms in total. The highest BCUT2D eigenvalue weighted by molar-refractivity contribution is 6.31. The van der Waals surface area contributed by atoms with Crippen LogP contribution in [0.4, 0.5) is 19.8 Å². The van der Waals surface area contributed by atoms with Gasteiger partial charge in [0.05, 0.1) is 17.6 Å². The second-order valence-electron chi connectivity index (χ2n) is 7.78. The fraction of sp³-hybridized carbons (Fsp3) is 0.250. The molecule has 1 heterocycles. The number of hydrogen-bond donors (Lipinski definition) is 4. The predicted molar refractivity (Wildman–Crippen MR) is 134 cm³/mol. The van der Waals surface area contributed by atoms with E-state index in [0.29, 0.717) is 11.4 Å². The number of nitrogens with one attached hydrogen (secondary N) is 3. The van der Waals surface area contributed by atoms with Crippen LogP contribution in [0.5, 0.6) is 0 Å². The number of urea groups is 1. The van der Waals surface area contributed by atoms with Crippen LogP contribution in [0.3, 0.4) is 0 Å². The molecule has 0 bridgehead atoms. The average Bonchev–Trinajstić information content (AvgIpc) is 2.88.